The maximum absolute atomic E-state index is 4.09. The molecule has 1 rings (SSSR count). The van der Waals surface area contributed by atoms with Crippen molar-refractivity contribution in [3.05, 3.63) is 36.2 Å². The molecule has 0 aromatic carbocycles. The zero-order valence-electron chi connectivity index (χ0n) is 7.96. The molecular weight excluding hydrogens is 146 g/mol. The van der Waals surface area contributed by atoms with E-state index < -0.39 is 0 Å². The number of aromatic nitrogens is 1. The maximum Gasteiger partial charge on any atom is 0.0345 e. The summed E-state index contributed by atoms with van der Waals surface area (Å²) in [6.07, 6.45) is 3.72. The van der Waals surface area contributed by atoms with E-state index in [1.807, 2.05) is 19.3 Å². The Morgan fingerprint density at radius 2 is 2.17 bits per heavy atom. The smallest absolute Gasteiger partial charge is 0.0345 e. The van der Waals surface area contributed by atoms with Crippen LogP contribution in [-0.4, -0.2) is 4.98 Å². The van der Waals surface area contributed by atoms with Crippen LogP contribution in [0.15, 0.2) is 25.0 Å². The molecule has 1 aromatic rings. The van der Waals surface area contributed by atoms with E-state index in [2.05, 4.69) is 31.5 Å². The molecular formula is C11H15N. The largest absolute Gasteiger partial charge is 0.264 e. The Hall–Kier alpha value is -1.11. The molecule has 0 spiro atoms. The van der Waals surface area contributed by atoms with Gasteiger partial charge in [0, 0.05) is 12.4 Å². The van der Waals surface area contributed by atoms with Gasteiger partial charge in [0.05, 0.1) is 0 Å². The van der Waals surface area contributed by atoms with Gasteiger partial charge >= 0.3 is 0 Å². The van der Waals surface area contributed by atoms with Crippen molar-refractivity contribution in [3.8, 4) is 0 Å². The Morgan fingerprint density at radius 1 is 1.50 bits per heavy atom. The van der Waals surface area contributed by atoms with Gasteiger partial charge in [-0.05, 0) is 35.6 Å². The van der Waals surface area contributed by atoms with Crippen LogP contribution in [0, 0.1) is 0 Å². The van der Waals surface area contributed by atoms with Crippen molar-refractivity contribution in [1.29, 1.82) is 0 Å². The zero-order chi connectivity index (χ0) is 9.14. The summed E-state index contributed by atoms with van der Waals surface area (Å²) in [7, 11) is 0. The summed E-state index contributed by atoms with van der Waals surface area (Å²) in [6, 6.07) is 2.06. The van der Waals surface area contributed by atoms with Crippen LogP contribution < -0.4 is 0 Å². The summed E-state index contributed by atoms with van der Waals surface area (Å²) in [4.78, 5) is 4.09. The molecule has 64 valence electrons. The number of nitrogens with zero attached hydrogens (tertiary/aromatic N) is 1. The van der Waals surface area contributed by atoms with Crippen molar-refractivity contribution in [2.45, 2.75) is 26.7 Å². The second-order valence-corrected chi connectivity index (χ2v) is 3.40. The van der Waals surface area contributed by atoms with Crippen molar-refractivity contribution in [2.24, 2.45) is 0 Å². The lowest BCUT2D eigenvalue weighted by molar-refractivity contribution is 0.858. The monoisotopic (exact) mass is 161 g/mol. The molecule has 0 bridgehead atoms. The van der Waals surface area contributed by atoms with Crippen molar-refractivity contribution in [3.63, 3.8) is 0 Å². The molecule has 0 aliphatic heterocycles. The van der Waals surface area contributed by atoms with Gasteiger partial charge in [0.2, 0.25) is 0 Å². The van der Waals surface area contributed by atoms with Crippen LogP contribution in [0.3, 0.4) is 0 Å². The lowest BCUT2D eigenvalue weighted by atomic mass is 9.96. The van der Waals surface area contributed by atoms with Gasteiger partial charge in [-0.3, -0.25) is 4.98 Å². The fourth-order valence-electron chi connectivity index (χ4n) is 1.27. The Balaban J connectivity index is 3.17. The Morgan fingerprint density at radius 3 is 2.58 bits per heavy atom. The molecule has 0 aliphatic carbocycles. The first-order chi connectivity index (χ1) is 5.63. The third kappa shape index (κ3) is 1.73. The number of rotatable bonds is 2. The topological polar surface area (TPSA) is 12.9 Å². The third-order valence-electron chi connectivity index (χ3n) is 1.94. The second kappa shape index (κ2) is 3.53. The third-order valence-corrected chi connectivity index (χ3v) is 1.94. The van der Waals surface area contributed by atoms with E-state index in [0.717, 1.165) is 5.57 Å². The standard InChI is InChI=1S/C11H15N/c1-8(2)10-5-6-12-7-11(10)9(3)4/h5-8H,3H2,1-2,4H3. The number of pyridine rings is 1. The van der Waals surface area contributed by atoms with Gasteiger partial charge in [0.1, 0.15) is 0 Å². The first kappa shape index (κ1) is 8.98. The average molecular weight is 161 g/mol. The Labute approximate surface area is 74.2 Å². The fourth-order valence-corrected chi connectivity index (χ4v) is 1.27. The minimum absolute atomic E-state index is 0.541. The van der Waals surface area contributed by atoms with E-state index in [9.17, 15) is 0 Å². The van der Waals surface area contributed by atoms with Gasteiger partial charge in [-0.15, -0.1) is 0 Å². The molecule has 0 aliphatic rings. The highest BCUT2D eigenvalue weighted by atomic mass is 14.6. The lowest BCUT2D eigenvalue weighted by Gasteiger charge is -2.10. The predicted molar refractivity (Wildman–Crippen MR) is 53.0 cm³/mol. The second-order valence-electron chi connectivity index (χ2n) is 3.40. The summed E-state index contributed by atoms with van der Waals surface area (Å²) in [6.45, 7) is 10.3. The first-order valence-electron chi connectivity index (χ1n) is 4.22. The summed E-state index contributed by atoms with van der Waals surface area (Å²) in [5, 5.41) is 0. The molecule has 1 heteroatoms. The van der Waals surface area contributed by atoms with Crippen LogP contribution in [0.25, 0.3) is 5.57 Å². The molecule has 0 N–H and O–H groups in total. The molecule has 1 aromatic heterocycles. The molecule has 0 saturated heterocycles. The van der Waals surface area contributed by atoms with E-state index >= 15 is 0 Å². The van der Waals surface area contributed by atoms with Gasteiger partial charge in [-0.2, -0.15) is 0 Å². The van der Waals surface area contributed by atoms with E-state index in [1.54, 1.807) is 0 Å². The highest BCUT2D eigenvalue weighted by Crippen LogP contribution is 2.22. The molecule has 0 fully saturated rings. The van der Waals surface area contributed by atoms with E-state index in [1.165, 1.54) is 11.1 Å². The van der Waals surface area contributed by atoms with Gasteiger partial charge in [-0.25, -0.2) is 0 Å². The SMILES string of the molecule is C=C(C)c1cnccc1C(C)C. The quantitative estimate of drug-likeness (QED) is 0.649. The highest BCUT2D eigenvalue weighted by molar-refractivity contribution is 5.64. The summed E-state index contributed by atoms with van der Waals surface area (Å²) in [5.74, 6) is 0.541. The average Bonchev–Trinajstić information content (AvgIpc) is 2.04. The summed E-state index contributed by atoms with van der Waals surface area (Å²) < 4.78 is 0. The minimum Gasteiger partial charge on any atom is -0.264 e. The van der Waals surface area contributed by atoms with Crippen molar-refractivity contribution in [2.75, 3.05) is 0 Å². The number of allylic oxidation sites excluding steroid dienone is 1. The first-order valence-corrected chi connectivity index (χ1v) is 4.22. The van der Waals surface area contributed by atoms with Crippen LogP contribution in [0.2, 0.25) is 0 Å². The van der Waals surface area contributed by atoms with Crippen LogP contribution in [0.1, 0.15) is 37.8 Å². The molecule has 0 unspecified atom stereocenters. The van der Waals surface area contributed by atoms with Crippen LogP contribution >= 0.6 is 0 Å². The van der Waals surface area contributed by atoms with Gasteiger partial charge in [0.25, 0.3) is 0 Å². The lowest BCUT2D eigenvalue weighted by Crippen LogP contribution is -1.94. The van der Waals surface area contributed by atoms with E-state index in [4.69, 9.17) is 0 Å². The van der Waals surface area contributed by atoms with Crippen molar-refractivity contribution < 1.29 is 0 Å². The van der Waals surface area contributed by atoms with Gasteiger partial charge < -0.3 is 0 Å². The van der Waals surface area contributed by atoms with Crippen LogP contribution in [0.4, 0.5) is 0 Å². The van der Waals surface area contributed by atoms with Gasteiger partial charge in [0.15, 0.2) is 0 Å². The van der Waals surface area contributed by atoms with Crippen LogP contribution in [0.5, 0.6) is 0 Å². The summed E-state index contributed by atoms with van der Waals surface area (Å²) in [5.41, 5.74) is 3.61. The highest BCUT2D eigenvalue weighted by Gasteiger charge is 2.05. The molecule has 0 amide bonds. The zero-order valence-corrected chi connectivity index (χ0v) is 7.96. The van der Waals surface area contributed by atoms with Crippen molar-refractivity contribution >= 4 is 5.57 Å². The van der Waals surface area contributed by atoms with E-state index in [0.29, 0.717) is 5.92 Å². The molecule has 1 heterocycles. The predicted octanol–water partition coefficient (Wildman–Crippen LogP) is 3.24. The molecule has 0 saturated carbocycles. The maximum atomic E-state index is 4.09. The van der Waals surface area contributed by atoms with E-state index in [-0.39, 0.29) is 0 Å². The molecule has 12 heavy (non-hydrogen) atoms. The molecule has 1 nitrogen and oxygen atoms in total. The van der Waals surface area contributed by atoms with Crippen molar-refractivity contribution in [1.82, 2.24) is 4.98 Å². The Kier molecular flexibility index (Phi) is 2.64. The van der Waals surface area contributed by atoms with Crippen LogP contribution in [-0.2, 0) is 0 Å². The molecule has 0 radical (unpaired) electrons. The number of hydrogen-bond donors (Lipinski definition) is 0. The summed E-state index contributed by atoms with van der Waals surface area (Å²) >= 11 is 0. The van der Waals surface area contributed by atoms with Gasteiger partial charge in [-0.1, -0.05) is 20.4 Å². The normalized spacial score (nSPS) is 10.3. The molecule has 0 atom stereocenters. The Bertz CT molecular complexity index is 287. The minimum atomic E-state index is 0.541. The fraction of sp³-hybridized carbons (Fsp3) is 0.364. The number of hydrogen-bond acceptors (Lipinski definition) is 1.